The summed E-state index contributed by atoms with van der Waals surface area (Å²) in [5, 5.41) is 3.16. The largest absolute Gasteiger partial charge is 0.465 e. The minimum Gasteiger partial charge on any atom is -0.465 e. The number of carbonyl (C=O) groups is 1. The molecule has 0 aromatic carbocycles. The molecule has 0 aromatic rings. The van der Waals surface area contributed by atoms with Gasteiger partial charge in [-0.1, -0.05) is 26.2 Å². The topological polar surface area (TPSA) is 38.3 Å². The first-order valence-corrected chi connectivity index (χ1v) is 5.72. The number of hydrogen-bond donors (Lipinski definition) is 1. The quantitative estimate of drug-likeness (QED) is 0.523. The fourth-order valence-electron chi connectivity index (χ4n) is 1.68. The predicted molar refractivity (Wildman–Crippen MR) is 56.1 cm³/mol. The normalized spacial score (nSPS) is 21.1. The Morgan fingerprint density at radius 3 is 2.93 bits per heavy atom. The number of hydrogen-bond acceptors (Lipinski definition) is 3. The number of ether oxygens (including phenoxy) is 1. The fourth-order valence-corrected chi connectivity index (χ4v) is 1.68. The predicted octanol–water partition coefficient (Wildman–Crippen LogP) is 1.72. The molecule has 0 aromatic heterocycles. The zero-order valence-electron chi connectivity index (χ0n) is 9.05. The van der Waals surface area contributed by atoms with Crippen LogP contribution < -0.4 is 5.32 Å². The second-order valence-corrected chi connectivity index (χ2v) is 3.92. The zero-order valence-corrected chi connectivity index (χ0v) is 9.05. The molecule has 0 spiro atoms. The first kappa shape index (κ1) is 11.5. The first-order valence-electron chi connectivity index (χ1n) is 5.72. The summed E-state index contributed by atoms with van der Waals surface area (Å²) in [4.78, 5) is 11.4. The van der Waals surface area contributed by atoms with E-state index in [0.717, 1.165) is 25.9 Å². The maximum Gasteiger partial charge on any atom is 0.310 e. The van der Waals surface area contributed by atoms with Crippen LogP contribution in [0.4, 0.5) is 0 Å². The fraction of sp³-hybridized carbons (Fsp3) is 0.909. The van der Waals surface area contributed by atoms with Crippen LogP contribution in [0.1, 0.15) is 39.0 Å². The second kappa shape index (κ2) is 6.82. The van der Waals surface area contributed by atoms with Gasteiger partial charge in [0.2, 0.25) is 0 Å². The van der Waals surface area contributed by atoms with Gasteiger partial charge in [0.1, 0.15) is 0 Å². The Balaban J connectivity index is 1.97. The van der Waals surface area contributed by atoms with Crippen molar-refractivity contribution in [3.8, 4) is 0 Å². The molecular weight excluding hydrogens is 178 g/mol. The monoisotopic (exact) mass is 199 g/mol. The van der Waals surface area contributed by atoms with E-state index >= 15 is 0 Å². The summed E-state index contributed by atoms with van der Waals surface area (Å²) in [5.41, 5.74) is 0. The van der Waals surface area contributed by atoms with Gasteiger partial charge in [0.15, 0.2) is 0 Å². The van der Waals surface area contributed by atoms with Crippen LogP contribution in [0.25, 0.3) is 0 Å². The summed E-state index contributed by atoms with van der Waals surface area (Å²) < 4.78 is 5.19. The van der Waals surface area contributed by atoms with E-state index in [0.29, 0.717) is 6.61 Å². The molecule has 82 valence electrons. The van der Waals surface area contributed by atoms with E-state index in [1.165, 1.54) is 19.3 Å². The van der Waals surface area contributed by atoms with E-state index in [9.17, 15) is 4.79 Å². The van der Waals surface area contributed by atoms with Crippen LogP contribution in [-0.4, -0.2) is 25.7 Å². The maximum atomic E-state index is 11.4. The van der Waals surface area contributed by atoms with Gasteiger partial charge < -0.3 is 10.1 Å². The molecule has 1 heterocycles. The van der Waals surface area contributed by atoms with Crippen molar-refractivity contribution in [2.24, 2.45) is 5.92 Å². The third kappa shape index (κ3) is 4.09. The van der Waals surface area contributed by atoms with Crippen molar-refractivity contribution < 1.29 is 9.53 Å². The molecule has 0 saturated carbocycles. The number of rotatable bonds is 6. The summed E-state index contributed by atoms with van der Waals surface area (Å²) in [6, 6.07) is 0. The van der Waals surface area contributed by atoms with Gasteiger partial charge in [-0.15, -0.1) is 0 Å². The van der Waals surface area contributed by atoms with Gasteiger partial charge in [0.25, 0.3) is 0 Å². The van der Waals surface area contributed by atoms with Gasteiger partial charge in [-0.25, -0.2) is 0 Å². The van der Waals surface area contributed by atoms with Crippen molar-refractivity contribution in [1.82, 2.24) is 5.32 Å². The highest BCUT2D eigenvalue weighted by atomic mass is 16.5. The standard InChI is InChI=1S/C11H21NO2/c1-2-3-4-5-8-14-11(13)10-6-7-12-9-10/h10,12H,2-9H2,1H3. The molecule has 0 bridgehead atoms. The van der Waals surface area contributed by atoms with Crippen molar-refractivity contribution in [3.63, 3.8) is 0 Å². The zero-order chi connectivity index (χ0) is 10.2. The van der Waals surface area contributed by atoms with E-state index in [-0.39, 0.29) is 11.9 Å². The van der Waals surface area contributed by atoms with Gasteiger partial charge in [-0.3, -0.25) is 4.79 Å². The smallest absolute Gasteiger partial charge is 0.310 e. The first-order chi connectivity index (χ1) is 6.84. The minimum atomic E-state index is -0.00787. The third-order valence-corrected chi connectivity index (χ3v) is 2.64. The Labute approximate surface area is 86.2 Å². The maximum absolute atomic E-state index is 11.4. The van der Waals surface area contributed by atoms with Crippen molar-refractivity contribution in [3.05, 3.63) is 0 Å². The number of carbonyl (C=O) groups excluding carboxylic acids is 1. The lowest BCUT2D eigenvalue weighted by atomic mass is 10.1. The molecule has 3 heteroatoms. The Morgan fingerprint density at radius 2 is 2.29 bits per heavy atom. The number of esters is 1. The van der Waals surface area contributed by atoms with Crippen LogP contribution in [0.2, 0.25) is 0 Å². The van der Waals surface area contributed by atoms with E-state index in [4.69, 9.17) is 4.74 Å². The molecule has 1 atom stereocenters. The molecule has 1 saturated heterocycles. The van der Waals surface area contributed by atoms with Crippen LogP contribution in [0.5, 0.6) is 0 Å². The molecular formula is C11H21NO2. The average molecular weight is 199 g/mol. The van der Waals surface area contributed by atoms with Gasteiger partial charge in [-0.05, 0) is 19.4 Å². The highest BCUT2D eigenvalue weighted by Crippen LogP contribution is 2.10. The Bertz CT molecular complexity index is 165. The molecule has 1 aliphatic heterocycles. The molecule has 14 heavy (non-hydrogen) atoms. The lowest BCUT2D eigenvalue weighted by molar-refractivity contribution is -0.147. The molecule has 1 N–H and O–H groups in total. The van der Waals surface area contributed by atoms with E-state index < -0.39 is 0 Å². The van der Waals surface area contributed by atoms with Gasteiger partial charge in [0.05, 0.1) is 12.5 Å². The molecule has 1 aliphatic rings. The molecule has 0 amide bonds. The van der Waals surface area contributed by atoms with Gasteiger partial charge in [0, 0.05) is 6.54 Å². The van der Waals surface area contributed by atoms with E-state index in [2.05, 4.69) is 12.2 Å². The average Bonchev–Trinajstić information content (AvgIpc) is 2.70. The second-order valence-electron chi connectivity index (χ2n) is 3.92. The number of nitrogens with one attached hydrogen (secondary N) is 1. The minimum absolute atomic E-state index is 0.00787. The third-order valence-electron chi connectivity index (χ3n) is 2.64. The summed E-state index contributed by atoms with van der Waals surface area (Å²) in [6.07, 6.45) is 5.59. The van der Waals surface area contributed by atoms with Crippen LogP contribution in [0, 0.1) is 5.92 Å². The summed E-state index contributed by atoms with van der Waals surface area (Å²) in [5.74, 6) is 0.104. The Morgan fingerprint density at radius 1 is 1.43 bits per heavy atom. The van der Waals surface area contributed by atoms with Crippen molar-refractivity contribution >= 4 is 5.97 Å². The van der Waals surface area contributed by atoms with Gasteiger partial charge in [-0.2, -0.15) is 0 Å². The molecule has 1 unspecified atom stereocenters. The Kier molecular flexibility index (Phi) is 5.60. The van der Waals surface area contributed by atoms with Crippen molar-refractivity contribution in [2.75, 3.05) is 19.7 Å². The van der Waals surface area contributed by atoms with Crippen LogP contribution in [0.3, 0.4) is 0 Å². The van der Waals surface area contributed by atoms with Crippen molar-refractivity contribution in [2.45, 2.75) is 39.0 Å². The van der Waals surface area contributed by atoms with Crippen LogP contribution >= 0.6 is 0 Å². The molecule has 0 aliphatic carbocycles. The van der Waals surface area contributed by atoms with E-state index in [1.807, 2.05) is 0 Å². The lowest BCUT2D eigenvalue weighted by Crippen LogP contribution is -2.20. The molecule has 0 radical (unpaired) electrons. The highest BCUT2D eigenvalue weighted by Gasteiger charge is 2.23. The summed E-state index contributed by atoms with van der Waals surface area (Å²) in [6.45, 7) is 4.54. The SMILES string of the molecule is CCCCCCOC(=O)C1CCNC1. The van der Waals surface area contributed by atoms with Crippen molar-refractivity contribution in [1.29, 1.82) is 0 Å². The van der Waals surface area contributed by atoms with Crippen LogP contribution in [-0.2, 0) is 9.53 Å². The Hall–Kier alpha value is -0.570. The van der Waals surface area contributed by atoms with Crippen LogP contribution in [0.15, 0.2) is 0 Å². The van der Waals surface area contributed by atoms with E-state index in [1.54, 1.807) is 0 Å². The molecule has 1 rings (SSSR count). The molecule has 1 fully saturated rings. The summed E-state index contributed by atoms with van der Waals surface area (Å²) in [7, 11) is 0. The highest BCUT2D eigenvalue weighted by molar-refractivity contribution is 5.73. The van der Waals surface area contributed by atoms with Gasteiger partial charge >= 0.3 is 5.97 Å². The number of unbranched alkanes of at least 4 members (excludes halogenated alkanes) is 3. The molecule has 3 nitrogen and oxygen atoms in total. The summed E-state index contributed by atoms with van der Waals surface area (Å²) >= 11 is 0. The lowest BCUT2D eigenvalue weighted by Gasteiger charge is -2.08.